The van der Waals surface area contributed by atoms with Crippen molar-refractivity contribution in [3.63, 3.8) is 0 Å². The second kappa shape index (κ2) is 5.96. The van der Waals surface area contributed by atoms with Gasteiger partial charge >= 0.3 is 5.69 Å². The van der Waals surface area contributed by atoms with Crippen molar-refractivity contribution in [2.75, 3.05) is 0 Å². The lowest BCUT2D eigenvalue weighted by Crippen LogP contribution is -2.31. The number of nitro groups is 1. The molecule has 0 aromatic carbocycles. The molecule has 1 unspecified atom stereocenters. The molecule has 0 aliphatic rings. The van der Waals surface area contributed by atoms with Gasteiger partial charge in [-0.1, -0.05) is 0 Å². The van der Waals surface area contributed by atoms with E-state index in [1.165, 1.54) is 17.8 Å². The number of hydrogen-bond donors (Lipinski definition) is 1. The predicted octanol–water partition coefficient (Wildman–Crippen LogP) is 1.02. The zero-order valence-corrected chi connectivity index (χ0v) is 12.9. The molecule has 0 spiro atoms. The van der Waals surface area contributed by atoms with Crippen molar-refractivity contribution >= 4 is 11.6 Å². The van der Waals surface area contributed by atoms with Gasteiger partial charge in [0.15, 0.2) is 0 Å². The molecular weight excluding hydrogens is 288 g/mol. The largest absolute Gasteiger partial charge is 0.349 e. The fourth-order valence-electron chi connectivity index (χ4n) is 2.02. The smallest absolute Gasteiger partial charge is 0.309 e. The summed E-state index contributed by atoms with van der Waals surface area (Å²) in [5.41, 5.74) is 1.93. The SMILES string of the molecule is Cc1nn(C(C)C(=O)NCc2cc(C)n(C)n2)cc1[N+](=O)[O-]. The van der Waals surface area contributed by atoms with Gasteiger partial charge in [-0.3, -0.25) is 24.3 Å². The van der Waals surface area contributed by atoms with Gasteiger partial charge in [-0.15, -0.1) is 0 Å². The summed E-state index contributed by atoms with van der Waals surface area (Å²) in [7, 11) is 1.83. The van der Waals surface area contributed by atoms with Crippen molar-refractivity contribution in [1.82, 2.24) is 24.9 Å². The normalized spacial score (nSPS) is 12.2. The minimum absolute atomic E-state index is 0.0972. The van der Waals surface area contributed by atoms with Gasteiger partial charge in [-0.05, 0) is 26.8 Å². The molecule has 0 fully saturated rings. The minimum Gasteiger partial charge on any atom is -0.349 e. The van der Waals surface area contributed by atoms with Crippen molar-refractivity contribution in [1.29, 1.82) is 0 Å². The summed E-state index contributed by atoms with van der Waals surface area (Å²) >= 11 is 0. The lowest BCUT2D eigenvalue weighted by Gasteiger charge is -2.11. The summed E-state index contributed by atoms with van der Waals surface area (Å²) in [6.45, 7) is 5.39. The van der Waals surface area contributed by atoms with Gasteiger partial charge in [0.25, 0.3) is 0 Å². The fraction of sp³-hybridized carbons (Fsp3) is 0.462. The van der Waals surface area contributed by atoms with E-state index in [1.807, 2.05) is 20.0 Å². The molecule has 0 aliphatic carbocycles. The number of carbonyl (C=O) groups excluding carboxylic acids is 1. The maximum atomic E-state index is 12.1. The second-order valence-electron chi connectivity index (χ2n) is 5.13. The molecule has 9 heteroatoms. The summed E-state index contributed by atoms with van der Waals surface area (Å²) in [5, 5.41) is 21.8. The predicted molar refractivity (Wildman–Crippen MR) is 78.1 cm³/mol. The molecule has 2 aromatic rings. The molecule has 1 amide bonds. The molecule has 0 bridgehead atoms. The van der Waals surface area contributed by atoms with Crippen LogP contribution in [0.3, 0.4) is 0 Å². The number of carbonyl (C=O) groups is 1. The van der Waals surface area contributed by atoms with E-state index in [9.17, 15) is 14.9 Å². The highest BCUT2D eigenvalue weighted by Crippen LogP contribution is 2.18. The molecule has 0 aliphatic heterocycles. The number of rotatable bonds is 5. The van der Waals surface area contributed by atoms with E-state index in [2.05, 4.69) is 15.5 Å². The summed E-state index contributed by atoms with van der Waals surface area (Å²) in [4.78, 5) is 22.4. The summed E-state index contributed by atoms with van der Waals surface area (Å²) in [6.07, 6.45) is 1.27. The van der Waals surface area contributed by atoms with Crippen molar-refractivity contribution < 1.29 is 9.72 Å². The molecule has 0 saturated carbocycles. The Balaban J connectivity index is 2.02. The van der Waals surface area contributed by atoms with E-state index in [0.717, 1.165) is 11.4 Å². The number of hydrogen-bond acceptors (Lipinski definition) is 5. The van der Waals surface area contributed by atoms with Gasteiger partial charge < -0.3 is 5.32 Å². The molecule has 1 atom stereocenters. The van der Waals surface area contributed by atoms with Crippen LogP contribution in [0.4, 0.5) is 5.69 Å². The van der Waals surface area contributed by atoms with E-state index in [4.69, 9.17) is 0 Å². The van der Waals surface area contributed by atoms with Crippen molar-refractivity contribution in [3.8, 4) is 0 Å². The van der Waals surface area contributed by atoms with Crippen LogP contribution in [0.15, 0.2) is 12.3 Å². The van der Waals surface area contributed by atoms with E-state index in [0.29, 0.717) is 6.54 Å². The molecule has 22 heavy (non-hydrogen) atoms. The molecule has 0 saturated heterocycles. The Bertz CT molecular complexity index is 698. The van der Waals surface area contributed by atoms with Gasteiger partial charge in [-0.25, -0.2) is 0 Å². The maximum Gasteiger partial charge on any atom is 0.309 e. The standard InChI is InChI=1S/C13H18N6O3/c1-8-5-11(16-17(8)4)6-14-13(20)10(3)18-7-12(19(21)22)9(2)15-18/h5,7,10H,6H2,1-4H3,(H,14,20). The Kier molecular flexibility index (Phi) is 4.25. The summed E-state index contributed by atoms with van der Waals surface area (Å²) in [5.74, 6) is -0.277. The number of nitrogens with zero attached hydrogens (tertiary/aromatic N) is 5. The minimum atomic E-state index is -0.641. The zero-order chi connectivity index (χ0) is 16.4. The molecule has 2 heterocycles. The van der Waals surface area contributed by atoms with Gasteiger partial charge in [0, 0.05) is 12.7 Å². The molecule has 0 radical (unpaired) electrons. The highest BCUT2D eigenvalue weighted by atomic mass is 16.6. The van der Waals surface area contributed by atoms with Gasteiger partial charge in [-0.2, -0.15) is 10.2 Å². The first-order valence-corrected chi connectivity index (χ1v) is 6.77. The van der Waals surface area contributed by atoms with Crippen LogP contribution in [-0.4, -0.2) is 30.4 Å². The van der Waals surface area contributed by atoms with E-state index >= 15 is 0 Å². The first kappa shape index (κ1) is 15.7. The molecular formula is C13H18N6O3. The third kappa shape index (κ3) is 3.13. The Morgan fingerprint density at radius 2 is 2.14 bits per heavy atom. The Morgan fingerprint density at radius 3 is 2.64 bits per heavy atom. The first-order chi connectivity index (χ1) is 10.3. The molecule has 2 aromatic heterocycles. The van der Waals surface area contributed by atoms with Crippen molar-refractivity contribution in [3.05, 3.63) is 39.5 Å². The summed E-state index contributed by atoms with van der Waals surface area (Å²) in [6, 6.07) is 1.24. The monoisotopic (exact) mass is 306 g/mol. The average Bonchev–Trinajstić information content (AvgIpc) is 2.99. The third-order valence-electron chi connectivity index (χ3n) is 3.47. The lowest BCUT2D eigenvalue weighted by atomic mass is 10.3. The number of amides is 1. The van der Waals surface area contributed by atoms with Crippen LogP contribution in [0.25, 0.3) is 0 Å². The highest BCUT2D eigenvalue weighted by molar-refractivity contribution is 5.79. The highest BCUT2D eigenvalue weighted by Gasteiger charge is 2.22. The Morgan fingerprint density at radius 1 is 1.45 bits per heavy atom. The first-order valence-electron chi connectivity index (χ1n) is 6.77. The number of nitrogens with one attached hydrogen (secondary N) is 1. The second-order valence-corrected chi connectivity index (χ2v) is 5.13. The fourth-order valence-corrected chi connectivity index (χ4v) is 2.02. The van der Waals surface area contributed by atoms with Crippen LogP contribution in [0, 0.1) is 24.0 Å². The topological polar surface area (TPSA) is 108 Å². The van der Waals surface area contributed by atoms with E-state index < -0.39 is 11.0 Å². The van der Waals surface area contributed by atoms with Crippen molar-refractivity contribution in [2.45, 2.75) is 33.4 Å². The van der Waals surface area contributed by atoms with E-state index in [1.54, 1.807) is 11.6 Å². The third-order valence-corrected chi connectivity index (χ3v) is 3.47. The molecule has 2 rings (SSSR count). The Hall–Kier alpha value is -2.71. The van der Waals surface area contributed by atoms with E-state index in [-0.39, 0.29) is 17.3 Å². The van der Waals surface area contributed by atoms with Gasteiger partial charge in [0.2, 0.25) is 5.91 Å². The van der Waals surface area contributed by atoms with Gasteiger partial charge in [0.05, 0.1) is 17.2 Å². The molecule has 1 N–H and O–H groups in total. The molecule has 118 valence electrons. The Labute approximate surface area is 127 Å². The van der Waals surface area contributed by atoms with Gasteiger partial charge in [0.1, 0.15) is 17.9 Å². The van der Waals surface area contributed by atoms with Crippen LogP contribution >= 0.6 is 0 Å². The molecule has 9 nitrogen and oxygen atoms in total. The van der Waals surface area contributed by atoms with Crippen molar-refractivity contribution in [2.24, 2.45) is 7.05 Å². The zero-order valence-electron chi connectivity index (χ0n) is 12.9. The number of aryl methyl sites for hydroxylation is 3. The number of aromatic nitrogens is 4. The van der Waals surface area contributed by atoms with Crippen LogP contribution in [-0.2, 0) is 18.4 Å². The van der Waals surface area contributed by atoms with Crippen LogP contribution in [0.2, 0.25) is 0 Å². The summed E-state index contributed by atoms with van der Waals surface area (Å²) < 4.78 is 3.03. The quantitative estimate of drug-likeness (QED) is 0.655. The lowest BCUT2D eigenvalue weighted by molar-refractivity contribution is -0.385. The van der Waals surface area contributed by atoms with Crippen LogP contribution in [0.5, 0.6) is 0 Å². The maximum absolute atomic E-state index is 12.1. The average molecular weight is 306 g/mol. The van der Waals surface area contributed by atoms with Crippen LogP contribution < -0.4 is 5.32 Å². The van der Waals surface area contributed by atoms with Crippen LogP contribution in [0.1, 0.15) is 30.0 Å².